The number of hydrogen-bond donors (Lipinski definition) is 2. The van der Waals surface area contributed by atoms with Gasteiger partial charge >= 0.3 is 0 Å². The van der Waals surface area contributed by atoms with E-state index in [2.05, 4.69) is 0 Å². The molecule has 1 unspecified atom stereocenters. The molecule has 1 fully saturated rings. The monoisotopic (exact) mass is 249 g/mol. The lowest BCUT2D eigenvalue weighted by molar-refractivity contribution is -0.133. The molecule has 5 nitrogen and oxygen atoms in total. The molecule has 0 aromatic carbocycles. The van der Waals surface area contributed by atoms with Crippen LogP contribution >= 0.6 is 12.4 Å². The second kappa shape index (κ2) is 6.70. The van der Waals surface area contributed by atoms with Crippen molar-refractivity contribution in [1.29, 1.82) is 0 Å². The van der Waals surface area contributed by atoms with Crippen LogP contribution in [0.4, 0.5) is 0 Å². The molecule has 1 saturated carbocycles. The van der Waals surface area contributed by atoms with Crippen LogP contribution in [0.15, 0.2) is 0 Å². The van der Waals surface area contributed by atoms with Crippen LogP contribution in [-0.4, -0.2) is 36.3 Å². The molecule has 0 aromatic rings. The van der Waals surface area contributed by atoms with E-state index in [-0.39, 0.29) is 24.7 Å². The average molecular weight is 250 g/mol. The summed E-state index contributed by atoms with van der Waals surface area (Å²) < 4.78 is 0. The number of amides is 2. The molecule has 0 spiro atoms. The zero-order valence-corrected chi connectivity index (χ0v) is 10.3. The number of likely N-dealkylation sites (N-methyl/N-ethyl adjacent to an activating group) is 1. The Balaban J connectivity index is 0.00000225. The standard InChI is InChI=1S/C10H19N3O2.ClH/c1-13(5-4-7-2-3-7)10(15)8(11)6-9(12)14;/h7-8H,2-6,11H2,1H3,(H2,12,14);1H. The first-order valence-electron chi connectivity index (χ1n) is 5.29. The molecule has 1 rings (SSSR count). The molecule has 0 heterocycles. The lowest BCUT2D eigenvalue weighted by Gasteiger charge is -2.20. The van der Waals surface area contributed by atoms with Crippen molar-refractivity contribution in [1.82, 2.24) is 4.90 Å². The minimum Gasteiger partial charge on any atom is -0.370 e. The molecule has 94 valence electrons. The van der Waals surface area contributed by atoms with Crippen LogP contribution in [0.5, 0.6) is 0 Å². The Labute approximate surface area is 102 Å². The van der Waals surface area contributed by atoms with Crippen molar-refractivity contribution in [3.8, 4) is 0 Å². The topological polar surface area (TPSA) is 89.4 Å². The summed E-state index contributed by atoms with van der Waals surface area (Å²) in [6.45, 7) is 0.718. The zero-order valence-electron chi connectivity index (χ0n) is 9.52. The fourth-order valence-corrected chi connectivity index (χ4v) is 1.48. The van der Waals surface area contributed by atoms with Crippen LogP contribution in [0.25, 0.3) is 0 Å². The van der Waals surface area contributed by atoms with E-state index >= 15 is 0 Å². The fraction of sp³-hybridized carbons (Fsp3) is 0.800. The Morgan fingerprint density at radius 2 is 2.00 bits per heavy atom. The Kier molecular flexibility index (Phi) is 6.36. The highest BCUT2D eigenvalue weighted by Crippen LogP contribution is 2.32. The van der Waals surface area contributed by atoms with Crippen molar-refractivity contribution < 1.29 is 9.59 Å². The highest BCUT2D eigenvalue weighted by molar-refractivity contribution is 5.87. The van der Waals surface area contributed by atoms with E-state index in [1.165, 1.54) is 12.8 Å². The van der Waals surface area contributed by atoms with Gasteiger partial charge in [0, 0.05) is 13.6 Å². The first-order chi connectivity index (χ1) is 7.00. The van der Waals surface area contributed by atoms with E-state index in [0.29, 0.717) is 0 Å². The minimum atomic E-state index is -0.785. The lowest BCUT2D eigenvalue weighted by atomic mass is 10.2. The molecular formula is C10H20ClN3O2. The van der Waals surface area contributed by atoms with Gasteiger partial charge < -0.3 is 16.4 Å². The van der Waals surface area contributed by atoms with Crippen molar-refractivity contribution in [2.24, 2.45) is 17.4 Å². The third kappa shape index (κ3) is 5.32. The first kappa shape index (κ1) is 15.2. The van der Waals surface area contributed by atoms with Gasteiger partial charge in [0.2, 0.25) is 11.8 Å². The summed E-state index contributed by atoms with van der Waals surface area (Å²) >= 11 is 0. The van der Waals surface area contributed by atoms with E-state index in [9.17, 15) is 9.59 Å². The van der Waals surface area contributed by atoms with E-state index in [1.54, 1.807) is 11.9 Å². The van der Waals surface area contributed by atoms with Crippen molar-refractivity contribution in [2.45, 2.75) is 31.7 Å². The molecule has 0 radical (unpaired) electrons. The van der Waals surface area contributed by atoms with Gasteiger partial charge in [-0.3, -0.25) is 9.59 Å². The summed E-state index contributed by atoms with van der Waals surface area (Å²) in [5.41, 5.74) is 10.5. The largest absolute Gasteiger partial charge is 0.370 e. The highest BCUT2D eigenvalue weighted by atomic mass is 35.5. The number of halogens is 1. The molecule has 4 N–H and O–H groups in total. The second-order valence-corrected chi connectivity index (χ2v) is 4.27. The highest BCUT2D eigenvalue weighted by Gasteiger charge is 2.24. The van der Waals surface area contributed by atoms with Crippen LogP contribution in [0.1, 0.15) is 25.7 Å². The zero-order chi connectivity index (χ0) is 11.4. The number of carbonyl (C=O) groups is 2. The van der Waals surface area contributed by atoms with Crippen LogP contribution in [0.3, 0.4) is 0 Å². The quantitative estimate of drug-likeness (QED) is 0.687. The average Bonchev–Trinajstić information content (AvgIpc) is 2.95. The van der Waals surface area contributed by atoms with Crippen LogP contribution in [0, 0.1) is 5.92 Å². The van der Waals surface area contributed by atoms with Gasteiger partial charge in [0.05, 0.1) is 12.5 Å². The predicted octanol–water partition coefficient (Wildman–Crippen LogP) is -0.131. The number of carbonyl (C=O) groups excluding carboxylic acids is 2. The molecule has 2 amide bonds. The molecule has 0 bridgehead atoms. The van der Waals surface area contributed by atoms with E-state index in [4.69, 9.17) is 11.5 Å². The smallest absolute Gasteiger partial charge is 0.239 e. The number of nitrogens with two attached hydrogens (primary N) is 2. The molecule has 0 saturated heterocycles. The van der Waals surface area contributed by atoms with E-state index < -0.39 is 11.9 Å². The molecular weight excluding hydrogens is 230 g/mol. The first-order valence-corrected chi connectivity index (χ1v) is 5.29. The van der Waals surface area contributed by atoms with E-state index in [1.807, 2.05) is 0 Å². The van der Waals surface area contributed by atoms with Gasteiger partial charge in [0.25, 0.3) is 0 Å². The maximum absolute atomic E-state index is 11.6. The third-order valence-corrected chi connectivity index (χ3v) is 2.68. The molecule has 6 heteroatoms. The molecule has 1 atom stereocenters. The van der Waals surface area contributed by atoms with Gasteiger partial charge in [-0.15, -0.1) is 12.4 Å². The predicted molar refractivity (Wildman–Crippen MR) is 64.0 cm³/mol. The van der Waals surface area contributed by atoms with Crippen molar-refractivity contribution in [3.63, 3.8) is 0 Å². The third-order valence-electron chi connectivity index (χ3n) is 2.68. The van der Waals surface area contributed by atoms with Crippen molar-refractivity contribution in [3.05, 3.63) is 0 Å². The molecule has 16 heavy (non-hydrogen) atoms. The van der Waals surface area contributed by atoms with Crippen LogP contribution < -0.4 is 11.5 Å². The summed E-state index contributed by atoms with van der Waals surface area (Å²) in [5, 5.41) is 0. The fourth-order valence-electron chi connectivity index (χ4n) is 1.48. The van der Waals surface area contributed by atoms with Crippen molar-refractivity contribution >= 4 is 24.2 Å². The van der Waals surface area contributed by atoms with Gasteiger partial charge in [0.1, 0.15) is 0 Å². The van der Waals surface area contributed by atoms with E-state index in [0.717, 1.165) is 18.9 Å². The number of primary amides is 1. The molecule has 1 aliphatic carbocycles. The van der Waals surface area contributed by atoms with Gasteiger partial charge in [0.15, 0.2) is 0 Å². The summed E-state index contributed by atoms with van der Waals surface area (Å²) in [6.07, 6.45) is 3.50. The number of hydrogen-bond acceptors (Lipinski definition) is 3. The molecule has 0 aromatic heterocycles. The Morgan fingerprint density at radius 1 is 1.44 bits per heavy atom. The maximum atomic E-state index is 11.6. The SMILES string of the molecule is CN(CCC1CC1)C(=O)C(N)CC(N)=O.Cl. The summed E-state index contributed by atoms with van der Waals surface area (Å²) in [6, 6.07) is -0.785. The lowest BCUT2D eigenvalue weighted by Crippen LogP contribution is -2.44. The van der Waals surface area contributed by atoms with Gasteiger partial charge in [-0.25, -0.2) is 0 Å². The van der Waals surface area contributed by atoms with Crippen LogP contribution in [-0.2, 0) is 9.59 Å². The summed E-state index contributed by atoms with van der Waals surface area (Å²) in [7, 11) is 1.71. The molecule has 1 aliphatic rings. The molecule has 0 aliphatic heterocycles. The minimum absolute atomic E-state index is 0. The number of nitrogens with zero attached hydrogens (tertiary/aromatic N) is 1. The number of rotatable bonds is 6. The van der Waals surface area contributed by atoms with Crippen molar-refractivity contribution in [2.75, 3.05) is 13.6 Å². The maximum Gasteiger partial charge on any atom is 0.239 e. The summed E-state index contributed by atoms with van der Waals surface area (Å²) in [4.78, 5) is 23.8. The van der Waals surface area contributed by atoms with Gasteiger partial charge in [-0.1, -0.05) is 12.8 Å². The Bertz CT molecular complexity index is 256. The van der Waals surface area contributed by atoms with Crippen LogP contribution in [0.2, 0.25) is 0 Å². The summed E-state index contributed by atoms with van der Waals surface area (Å²) in [5.74, 6) is 0.0495. The van der Waals surface area contributed by atoms with Gasteiger partial charge in [-0.2, -0.15) is 0 Å². The Morgan fingerprint density at radius 3 is 2.44 bits per heavy atom. The second-order valence-electron chi connectivity index (χ2n) is 4.27. The normalized spacial score (nSPS) is 16.1. The van der Waals surface area contributed by atoms with Gasteiger partial charge in [-0.05, 0) is 12.3 Å². The Hall–Kier alpha value is -0.810.